The van der Waals surface area contributed by atoms with Gasteiger partial charge in [0.25, 0.3) is 0 Å². The van der Waals surface area contributed by atoms with E-state index in [1.807, 2.05) is 11.8 Å². The van der Waals surface area contributed by atoms with Gasteiger partial charge in [0.1, 0.15) is 0 Å². The number of aliphatic hydroxyl groups is 1. The smallest absolute Gasteiger partial charge is 0.0446 e. The zero-order valence-corrected chi connectivity index (χ0v) is 12.5. The molecule has 1 aromatic rings. The maximum Gasteiger partial charge on any atom is 0.0446 e. The van der Waals surface area contributed by atoms with Gasteiger partial charge in [-0.1, -0.05) is 24.6 Å². The van der Waals surface area contributed by atoms with Gasteiger partial charge in [-0.3, -0.25) is 0 Å². The second kappa shape index (κ2) is 8.57. The van der Waals surface area contributed by atoms with Gasteiger partial charge in [0.2, 0.25) is 0 Å². The first-order valence-corrected chi connectivity index (χ1v) is 7.70. The molecular weight excluding hydrogens is 242 g/mol. The maximum atomic E-state index is 9.08. The summed E-state index contributed by atoms with van der Waals surface area (Å²) in [7, 11) is 0. The van der Waals surface area contributed by atoms with Crippen LogP contribution in [0.3, 0.4) is 0 Å². The lowest BCUT2D eigenvalue weighted by atomic mass is 10.2. The molecule has 2 nitrogen and oxygen atoms in total. The third-order valence-electron chi connectivity index (χ3n) is 2.94. The van der Waals surface area contributed by atoms with Crippen molar-refractivity contribution in [2.75, 3.05) is 18.9 Å². The first-order chi connectivity index (χ1) is 8.67. The van der Waals surface area contributed by atoms with Crippen LogP contribution < -0.4 is 5.32 Å². The summed E-state index contributed by atoms with van der Waals surface area (Å²) in [5, 5.41) is 12.6. The average molecular weight is 267 g/mol. The molecular formula is C15H25NOS. The molecule has 0 aliphatic heterocycles. The number of benzene rings is 1. The maximum absolute atomic E-state index is 9.08. The first kappa shape index (κ1) is 15.5. The van der Waals surface area contributed by atoms with Crippen LogP contribution in [-0.2, 0) is 0 Å². The fraction of sp³-hybridized carbons (Fsp3) is 0.600. The van der Waals surface area contributed by atoms with E-state index in [1.54, 1.807) is 0 Å². The minimum atomic E-state index is 0.259. The molecule has 0 bridgehead atoms. The van der Waals surface area contributed by atoms with Gasteiger partial charge >= 0.3 is 0 Å². The number of hydrogen-bond acceptors (Lipinski definition) is 3. The Hall–Kier alpha value is -0.510. The average Bonchev–Trinajstić information content (AvgIpc) is 2.36. The lowest BCUT2D eigenvalue weighted by Crippen LogP contribution is -2.32. The Morgan fingerprint density at radius 3 is 2.78 bits per heavy atom. The van der Waals surface area contributed by atoms with Gasteiger partial charge in [0.05, 0.1) is 0 Å². The molecule has 0 amide bonds. The zero-order chi connectivity index (χ0) is 13.4. The topological polar surface area (TPSA) is 32.3 Å². The van der Waals surface area contributed by atoms with E-state index in [4.69, 9.17) is 5.11 Å². The first-order valence-electron chi connectivity index (χ1n) is 6.71. The van der Waals surface area contributed by atoms with Crippen molar-refractivity contribution in [2.24, 2.45) is 0 Å². The number of hydrogen-bond donors (Lipinski definition) is 2. The van der Waals surface area contributed by atoms with Crippen LogP contribution in [0.1, 0.15) is 30.9 Å². The van der Waals surface area contributed by atoms with Gasteiger partial charge < -0.3 is 10.4 Å². The molecule has 0 aliphatic carbocycles. The van der Waals surface area contributed by atoms with Crippen LogP contribution >= 0.6 is 11.8 Å². The molecule has 0 spiro atoms. The van der Waals surface area contributed by atoms with Crippen LogP contribution in [0, 0.1) is 13.8 Å². The number of rotatable bonds is 8. The largest absolute Gasteiger partial charge is 0.396 e. The van der Waals surface area contributed by atoms with E-state index in [0.717, 1.165) is 25.1 Å². The van der Waals surface area contributed by atoms with Crippen LogP contribution in [0.4, 0.5) is 0 Å². The SMILES string of the molecule is CCCNC(CCO)CSc1cc(C)ccc1C. The van der Waals surface area contributed by atoms with Crippen molar-refractivity contribution in [1.82, 2.24) is 5.32 Å². The minimum absolute atomic E-state index is 0.259. The predicted octanol–water partition coefficient (Wildman–Crippen LogP) is 3.15. The van der Waals surface area contributed by atoms with E-state index in [9.17, 15) is 0 Å². The molecule has 0 heterocycles. The summed E-state index contributed by atoms with van der Waals surface area (Å²) >= 11 is 1.89. The summed E-state index contributed by atoms with van der Waals surface area (Å²) in [6, 6.07) is 6.98. The van der Waals surface area contributed by atoms with Crippen molar-refractivity contribution in [2.45, 2.75) is 44.6 Å². The van der Waals surface area contributed by atoms with Gasteiger partial charge in [-0.05, 0) is 44.9 Å². The monoisotopic (exact) mass is 267 g/mol. The van der Waals surface area contributed by atoms with E-state index in [0.29, 0.717) is 6.04 Å². The minimum Gasteiger partial charge on any atom is -0.396 e. The Kier molecular flexibility index (Phi) is 7.40. The molecule has 1 aromatic carbocycles. The quantitative estimate of drug-likeness (QED) is 0.710. The number of aryl methyl sites for hydroxylation is 2. The standard InChI is InChI=1S/C15H25NOS/c1-4-8-16-14(7-9-17)11-18-15-10-12(2)5-6-13(15)3/h5-6,10,14,16-17H,4,7-9,11H2,1-3H3. The molecule has 0 fully saturated rings. The molecule has 3 heteroatoms. The Bertz CT molecular complexity index is 354. The summed E-state index contributed by atoms with van der Waals surface area (Å²) in [4.78, 5) is 1.36. The van der Waals surface area contributed by atoms with Crippen molar-refractivity contribution in [3.05, 3.63) is 29.3 Å². The molecule has 1 atom stereocenters. The van der Waals surface area contributed by atoms with Crippen LogP contribution in [-0.4, -0.2) is 30.1 Å². The molecule has 1 rings (SSSR count). The molecule has 102 valence electrons. The summed E-state index contributed by atoms with van der Waals surface area (Å²) in [6.45, 7) is 7.74. The highest BCUT2D eigenvalue weighted by molar-refractivity contribution is 7.99. The van der Waals surface area contributed by atoms with Crippen LogP contribution in [0.5, 0.6) is 0 Å². The second-order valence-corrected chi connectivity index (χ2v) is 5.81. The Balaban J connectivity index is 2.52. The van der Waals surface area contributed by atoms with E-state index in [1.165, 1.54) is 16.0 Å². The molecule has 0 radical (unpaired) electrons. The summed E-state index contributed by atoms with van der Waals surface area (Å²) in [6.07, 6.45) is 1.97. The van der Waals surface area contributed by atoms with Crippen LogP contribution in [0.2, 0.25) is 0 Å². The fourth-order valence-electron chi connectivity index (χ4n) is 1.80. The summed E-state index contributed by atoms with van der Waals surface area (Å²) in [5.41, 5.74) is 2.65. The molecule has 1 unspecified atom stereocenters. The number of thioether (sulfide) groups is 1. The normalized spacial score (nSPS) is 12.7. The van der Waals surface area contributed by atoms with Crippen molar-refractivity contribution in [3.8, 4) is 0 Å². The molecule has 0 aromatic heterocycles. The van der Waals surface area contributed by atoms with Crippen molar-refractivity contribution >= 4 is 11.8 Å². The van der Waals surface area contributed by atoms with E-state index >= 15 is 0 Å². The van der Waals surface area contributed by atoms with Crippen molar-refractivity contribution in [3.63, 3.8) is 0 Å². The number of aliphatic hydroxyl groups excluding tert-OH is 1. The molecule has 0 aliphatic rings. The fourth-order valence-corrected chi connectivity index (χ4v) is 3.03. The predicted molar refractivity (Wildman–Crippen MR) is 80.4 cm³/mol. The van der Waals surface area contributed by atoms with Crippen LogP contribution in [0.15, 0.2) is 23.1 Å². The lowest BCUT2D eigenvalue weighted by molar-refractivity contribution is 0.270. The lowest BCUT2D eigenvalue weighted by Gasteiger charge is -2.17. The Morgan fingerprint density at radius 1 is 1.33 bits per heavy atom. The van der Waals surface area contributed by atoms with Crippen molar-refractivity contribution in [1.29, 1.82) is 0 Å². The summed E-state index contributed by atoms with van der Waals surface area (Å²) < 4.78 is 0. The molecule has 18 heavy (non-hydrogen) atoms. The molecule has 2 N–H and O–H groups in total. The van der Waals surface area contributed by atoms with E-state index in [2.05, 4.69) is 44.3 Å². The highest BCUT2D eigenvalue weighted by Gasteiger charge is 2.08. The van der Waals surface area contributed by atoms with Crippen molar-refractivity contribution < 1.29 is 5.11 Å². The van der Waals surface area contributed by atoms with Gasteiger partial charge in [-0.2, -0.15) is 0 Å². The second-order valence-electron chi connectivity index (χ2n) is 4.74. The number of nitrogens with one attached hydrogen (secondary N) is 1. The third kappa shape index (κ3) is 5.42. The highest BCUT2D eigenvalue weighted by atomic mass is 32.2. The zero-order valence-electron chi connectivity index (χ0n) is 11.7. The van der Waals surface area contributed by atoms with E-state index < -0.39 is 0 Å². The van der Waals surface area contributed by atoms with E-state index in [-0.39, 0.29) is 6.61 Å². The van der Waals surface area contributed by atoms with Crippen LogP contribution in [0.25, 0.3) is 0 Å². The molecule has 0 saturated carbocycles. The summed E-state index contributed by atoms with van der Waals surface area (Å²) in [5.74, 6) is 1.02. The highest BCUT2D eigenvalue weighted by Crippen LogP contribution is 2.24. The third-order valence-corrected chi connectivity index (χ3v) is 4.26. The van der Waals surface area contributed by atoms with Gasteiger partial charge in [0.15, 0.2) is 0 Å². The Morgan fingerprint density at radius 2 is 2.11 bits per heavy atom. The van der Waals surface area contributed by atoms with Gasteiger partial charge in [-0.15, -0.1) is 11.8 Å². The Labute approximate surface area is 115 Å². The van der Waals surface area contributed by atoms with Gasteiger partial charge in [0, 0.05) is 23.3 Å². The van der Waals surface area contributed by atoms with Gasteiger partial charge in [-0.25, -0.2) is 0 Å². The molecule has 0 saturated heterocycles.